The molecule has 0 aliphatic heterocycles. The van der Waals surface area contributed by atoms with Gasteiger partial charge in [-0.1, -0.05) is 42.5 Å². The molecule has 0 saturated heterocycles. The summed E-state index contributed by atoms with van der Waals surface area (Å²) in [6, 6.07) is 15.2. The molecule has 2 amide bonds. The van der Waals surface area contributed by atoms with Crippen molar-refractivity contribution < 1.29 is 46.1 Å². The van der Waals surface area contributed by atoms with Crippen molar-refractivity contribution in [1.82, 2.24) is 10.2 Å². The molecule has 0 spiro atoms. The molecule has 39 heavy (non-hydrogen) atoms. The van der Waals surface area contributed by atoms with Crippen LogP contribution in [-0.2, 0) is 22.5 Å². The summed E-state index contributed by atoms with van der Waals surface area (Å²) in [5, 5.41) is 11.9. The lowest BCUT2D eigenvalue weighted by Gasteiger charge is -2.24. The second kappa shape index (κ2) is 15.2. The van der Waals surface area contributed by atoms with E-state index in [-0.39, 0.29) is 45.7 Å². The Morgan fingerprint density at radius 3 is 2.21 bits per heavy atom. The standard InChI is InChI=1S/C27H33F5N2O5/c1-2-38-23(24(35)36)18-20-10-12-22(13-11-20)39-17-16-34(15-7-6-14-26(28,29)27(30,31)32)25(37)33-19-21-8-4-3-5-9-21/h3-5,8-13,23H,2,6-7,14-19H2,1H3,(H,33,37)(H,35,36). The van der Waals surface area contributed by atoms with E-state index in [1.54, 1.807) is 43.3 Å². The van der Waals surface area contributed by atoms with E-state index in [9.17, 15) is 36.6 Å². The molecule has 0 aliphatic rings. The molecule has 2 aromatic rings. The molecule has 7 nitrogen and oxygen atoms in total. The summed E-state index contributed by atoms with van der Waals surface area (Å²) >= 11 is 0. The number of benzene rings is 2. The molecule has 0 aromatic heterocycles. The smallest absolute Gasteiger partial charge is 0.453 e. The predicted octanol–water partition coefficient (Wildman–Crippen LogP) is 5.68. The Bertz CT molecular complexity index is 1020. The van der Waals surface area contributed by atoms with Crippen LogP contribution in [0.25, 0.3) is 0 Å². The van der Waals surface area contributed by atoms with Gasteiger partial charge in [-0.25, -0.2) is 9.59 Å². The first-order valence-corrected chi connectivity index (χ1v) is 12.5. The Balaban J connectivity index is 1.92. The van der Waals surface area contributed by atoms with Crippen molar-refractivity contribution in [3.8, 4) is 5.75 Å². The summed E-state index contributed by atoms with van der Waals surface area (Å²) in [5.41, 5.74) is 1.56. The first-order valence-electron chi connectivity index (χ1n) is 12.5. The summed E-state index contributed by atoms with van der Waals surface area (Å²) in [4.78, 5) is 25.3. The number of ether oxygens (including phenoxy) is 2. The average molecular weight is 561 g/mol. The minimum absolute atomic E-state index is 0.0352. The highest BCUT2D eigenvalue weighted by atomic mass is 19.4. The number of unbranched alkanes of at least 4 members (excludes halogenated alkanes) is 1. The van der Waals surface area contributed by atoms with Crippen molar-refractivity contribution >= 4 is 12.0 Å². The number of carboxylic acid groups (broad SMARTS) is 1. The molecular formula is C27H33F5N2O5. The third-order valence-corrected chi connectivity index (χ3v) is 5.77. The van der Waals surface area contributed by atoms with Gasteiger partial charge in [0, 0.05) is 32.5 Å². The number of nitrogens with one attached hydrogen (secondary N) is 1. The molecule has 2 rings (SSSR count). The quantitative estimate of drug-likeness (QED) is 0.204. The van der Waals surface area contributed by atoms with Crippen LogP contribution in [0.3, 0.4) is 0 Å². The van der Waals surface area contributed by atoms with Gasteiger partial charge in [-0.3, -0.25) is 0 Å². The molecule has 0 fully saturated rings. The van der Waals surface area contributed by atoms with E-state index in [1.807, 2.05) is 18.2 Å². The van der Waals surface area contributed by atoms with Gasteiger partial charge < -0.3 is 24.8 Å². The largest absolute Gasteiger partial charge is 0.492 e. The SMILES string of the molecule is CCOC(Cc1ccc(OCCN(CCCCC(F)(F)C(F)(F)F)C(=O)NCc2ccccc2)cc1)C(=O)O. The van der Waals surface area contributed by atoms with Gasteiger partial charge >= 0.3 is 24.1 Å². The number of urea groups is 1. The van der Waals surface area contributed by atoms with E-state index in [1.165, 1.54) is 4.90 Å². The molecule has 0 heterocycles. The van der Waals surface area contributed by atoms with Gasteiger partial charge in [0.05, 0.1) is 6.54 Å². The van der Waals surface area contributed by atoms with Crippen LogP contribution in [0.4, 0.5) is 26.7 Å². The number of carbonyl (C=O) groups excluding carboxylic acids is 1. The lowest BCUT2D eigenvalue weighted by atomic mass is 10.1. The number of hydrogen-bond donors (Lipinski definition) is 2. The molecule has 216 valence electrons. The molecule has 0 radical (unpaired) electrons. The minimum Gasteiger partial charge on any atom is -0.492 e. The van der Waals surface area contributed by atoms with Gasteiger partial charge in [0.2, 0.25) is 0 Å². The van der Waals surface area contributed by atoms with Gasteiger partial charge in [0.15, 0.2) is 6.10 Å². The normalized spacial score (nSPS) is 12.6. The van der Waals surface area contributed by atoms with E-state index in [0.717, 1.165) is 11.1 Å². The monoisotopic (exact) mass is 560 g/mol. The molecule has 1 atom stereocenters. The van der Waals surface area contributed by atoms with Crippen molar-refractivity contribution in [2.45, 2.75) is 57.4 Å². The highest BCUT2D eigenvalue weighted by molar-refractivity contribution is 5.74. The van der Waals surface area contributed by atoms with E-state index >= 15 is 0 Å². The van der Waals surface area contributed by atoms with Gasteiger partial charge in [0.25, 0.3) is 0 Å². The maximum Gasteiger partial charge on any atom is 0.453 e. The zero-order valence-electron chi connectivity index (χ0n) is 21.6. The van der Waals surface area contributed by atoms with Crippen LogP contribution in [0, 0.1) is 0 Å². The third kappa shape index (κ3) is 11.1. The fourth-order valence-electron chi connectivity index (χ4n) is 3.62. The van der Waals surface area contributed by atoms with Crippen LogP contribution < -0.4 is 10.1 Å². The van der Waals surface area contributed by atoms with E-state index in [4.69, 9.17) is 9.47 Å². The van der Waals surface area contributed by atoms with E-state index < -0.39 is 43.0 Å². The summed E-state index contributed by atoms with van der Waals surface area (Å²) in [7, 11) is 0. The van der Waals surface area contributed by atoms with Crippen molar-refractivity contribution in [2.75, 3.05) is 26.3 Å². The summed E-state index contributed by atoms with van der Waals surface area (Å²) in [5.74, 6) is -5.39. The van der Waals surface area contributed by atoms with Crippen LogP contribution in [0.2, 0.25) is 0 Å². The minimum atomic E-state index is -5.61. The molecule has 0 aliphatic carbocycles. The van der Waals surface area contributed by atoms with E-state index in [0.29, 0.717) is 5.75 Å². The lowest BCUT2D eigenvalue weighted by Crippen LogP contribution is -2.42. The number of nitrogens with zero attached hydrogens (tertiary/aromatic N) is 1. The Kier molecular flexibility index (Phi) is 12.4. The van der Waals surface area contributed by atoms with Crippen molar-refractivity contribution in [1.29, 1.82) is 0 Å². The molecule has 2 aromatic carbocycles. The molecular weight excluding hydrogens is 527 g/mol. The summed E-state index contributed by atoms with van der Waals surface area (Å²) in [6.45, 7) is 2.24. The molecule has 0 bridgehead atoms. The number of carbonyl (C=O) groups is 2. The van der Waals surface area contributed by atoms with Crippen molar-refractivity contribution in [3.05, 3.63) is 65.7 Å². The van der Waals surface area contributed by atoms with Crippen molar-refractivity contribution in [2.24, 2.45) is 0 Å². The first-order chi connectivity index (χ1) is 18.4. The van der Waals surface area contributed by atoms with Gasteiger partial charge in [-0.15, -0.1) is 0 Å². The number of halogens is 5. The zero-order valence-corrected chi connectivity index (χ0v) is 21.6. The van der Waals surface area contributed by atoms with Crippen LogP contribution in [-0.4, -0.2) is 66.5 Å². The maximum absolute atomic E-state index is 13.2. The fourth-order valence-corrected chi connectivity index (χ4v) is 3.62. The van der Waals surface area contributed by atoms with Crippen LogP contribution in [0.5, 0.6) is 5.75 Å². The van der Waals surface area contributed by atoms with Crippen LogP contribution in [0.15, 0.2) is 54.6 Å². The van der Waals surface area contributed by atoms with Gasteiger partial charge in [-0.2, -0.15) is 22.0 Å². The topological polar surface area (TPSA) is 88.1 Å². The van der Waals surface area contributed by atoms with E-state index in [2.05, 4.69) is 5.32 Å². The van der Waals surface area contributed by atoms with Gasteiger partial charge in [0.1, 0.15) is 12.4 Å². The molecule has 0 saturated carbocycles. The molecule has 12 heteroatoms. The number of amides is 2. The fraction of sp³-hybridized carbons (Fsp3) is 0.481. The summed E-state index contributed by atoms with van der Waals surface area (Å²) in [6.07, 6.45) is -8.24. The number of hydrogen-bond acceptors (Lipinski definition) is 4. The second-order valence-corrected chi connectivity index (χ2v) is 8.77. The maximum atomic E-state index is 13.2. The number of aliphatic carboxylic acids is 1. The van der Waals surface area contributed by atoms with Crippen molar-refractivity contribution in [3.63, 3.8) is 0 Å². The Morgan fingerprint density at radius 1 is 0.949 bits per heavy atom. The highest BCUT2D eigenvalue weighted by Gasteiger charge is 2.56. The number of carboxylic acids is 1. The number of alkyl halides is 5. The van der Waals surface area contributed by atoms with Gasteiger partial charge in [-0.05, 0) is 43.0 Å². The molecule has 1 unspecified atom stereocenters. The Hall–Kier alpha value is -3.41. The predicted molar refractivity (Wildman–Crippen MR) is 134 cm³/mol. The second-order valence-electron chi connectivity index (χ2n) is 8.77. The third-order valence-electron chi connectivity index (χ3n) is 5.77. The summed E-state index contributed by atoms with van der Waals surface area (Å²) < 4.78 is 74.6. The van der Waals surface area contributed by atoms with Crippen LogP contribution in [0.1, 0.15) is 37.3 Å². The zero-order chi connectivity index (χ0) is 28.9. The Morgan fingerprint density at radius 2 is 1.62 bits per heavy atom. The van der Waals surface area contributed by atoms with Crippen LogP contribution >= 0.6 is 0 Å². The lowest BCUT2D eigenvalue weighted by molar-refractivity contribution is -0.284. The highest BCUT2D eigenvalue weighted by Crippen LogP contribution is 2.39. The molecule has 2 N–H and O–H groups in total. The Labute approximate surface area is 223 Å². The first kappa shape index (κ1) is 31.8. The average Bonchev–Trinajstić information content (AvgIpc) is 2.89. The number of rotatable bonds is 16.